The van der Waals surface area contributed by atoms with Gasteiger partial charge in [0.15, 0.2) is 0 Å². The highest BCUT2D eigenvalue weighted by Crippen LogP contribution is 2.48. The number of nitrogens with one attached hydrogen (secondary N) is 1. The molecule has 1 N–H and O–H groups in total. The van der Waals surface area contributed by atoms with E-state index in [2.05, 4.69) is 46.9 Å². The minimum atomic E-state index is -0.567. The highest BCUT2D eigenvalue weighted by molar-refractivity contribution is 5.71. The van der Waals surface area contributed by atoms with Crippen LogP contribution in [0.3, 0.4) is 0 Å². The predicted octanol–water partition coefficient (Wildman–Crippen LogP) is 3.07. The van der Waals surface area contributed by atoms with E-state index in [1.165, 1.54) is 0 Å². The Labute approximate surface area is 91.9 Å². The van der Waals surface area contributed by atoms with Crippen LogP contribution in [0.1, 0.15) is 41.5 Å². The standard InChI is InChI=1S/C12H21NO2/c1-10(2,3)12(11(4,5)6)7-8-13-9(14)15-12/h7-8H,1-6H3,(H,13,14). The summed E-state index contributed by atoms with van der Waals surface area (Å²) in [6.45, 7) is 12.5. The van der Waals surface area contributed by atoms with Gasteiger partial charge in [-0.2, -0.15) is 0 Å². The molecule has 1 heterocycles. The predicted molar refractivity (Wildman–Crippen MR) is 60.4 cm³/mol. The van der Waals surface area contributed by atoms with E-state index < -0.39 is 5.60 Å². The van der Waals surface area contributed by atoms with Gasteiger partial charge in [-0.05, 0) is 6.08 Å². The molecule has 0 bridgehead atoms. The fourth-order valence-corrected chi connectivity index (χ4v) is 2.37. The van der Waals surface area contributed by atoms with Crippen molar-refractivity contribution in [3.63, 3.8) is 0 Å². The number of carbonyl (C=O) groups excluding carboxylic acids is 1. The summed E-state index contributed by atoms with van der Waals surface area (Å²) in [5.74, 6) is 0. The third kappa shape index (κ3) is 1.87. The van der Waals surface area contributed by atoms with Gasteiger partial charge in [-0.15, -0.1) is 0 Å². The molecule has 86 valence electrons. The normalized spacial score (nSPS) is 20.8. The van der Waals surface area contributed by atoms with Crippen LogP contribution in [0.5, 0.6) is 0 Å². The molecular formula is C12H21NO2. The van der Waals surface area contributed by atoms with Crippen LogP contribution in [0.2, 0.25) is 0 Å². The van der Waals surface area contributed by atoms with Crippen molar-refractivity contribution >= 4 is 6.09 Å². The molecule has 1 amide bonds. The zero-order valence-electron chi connectivity index (χ0n) is 10.5. The summed E-state index contributed by atoms with van der Waals surface area (Å²) in [6, 6.07) is 0. The Hall–Kier alpha value is -0.990. The fraction of sp³-hybridized carbons (Fsp3) is 0.750. The second-order valence-electron chi connectivity index (χ2n) is 6.10. The Kier molecular flexibility index (Phi) is 2.62. The minimum Gasteiger partial charge on any atom is -0.437 e. The maximum atomic E-state index is 11.4. The van der Waals surface area contributed by atoms with Crippen LogP contribution >= 0.6 is 0 Å². The number of amides is 1. The first-order chi connectivity index (χ1) is 6.60. The van der Waals surface area contributed by atoms with E-state index in [0.29, 0.717) is 0 Å². The maximum absolute atomic E-state index is 11.4. The molecule has 1 aliphatic heterocycles. The zero-order chi connectivity index (χ0) is 11.9. The summed E-state index contributed by atoms with van der Waals surface area (Å²) in [4.78, 5) is 11.4. The smallest absolute Gasteiger partial charge is 0.412 e. The van der Waals surface area contributed by atoms with Crippen molar-refractivity contribution in [2.75, 3.05) is 0 Å². The van der Waals surface area contributed by atoms with Crippen molar-refractivity contribution in [1.82, 2.24) is 5.32 Å². The number of carbonyl (C=O) groups is 1. The van der Waals surface area contributed by atoms with Gasteiger partial charge < -0.3 is 4.74 Å². The molecule has 0 atom stereocenters. The zero-order valence-corrected chi connectivity index (χ0v) is 10.5. The number of ether oxygens (including phenoxy) is 1. The van der Waals surface area contributed by atoms with Gasteiger partial charge in [-0.3, -0.25) is 5.32 Å². The van der Waals surface area contributed by atoms with Crippen LogP contribution in [0.25, 0.3) is 0 Å². The Morgan fingerprint density at radius 3 is 1.87 bits per heavy atom. The minimum absolute atomic E-state index is 0.139. The molecule has 0 aliphatic carbocycles. The number of hydrogen-bond donors (Lipinski definition) is 1. The van der Waals surface area contributed by atoms with E-state index >= 15 is 0 Å². The number of cyclic esters (lactones) is 1. The summed E-state index contributed by atoms with van der Waals surface area (Å²) in [5, 5.41) is 2.54. The van der Waals surface area contributed by atoms with Gasteiger partial charge in [0.25, 0.3) is 0 Å². The van der Waals surface area contributed by atoms with Crippen molar-refractivity contribution in [2.45, 2.75) is 47.1 Å². The van der Waals surface area contributed by atoms with Crippen molar-refractivity contribution in [2.24, 2.45) is 10.8 Å². The SMILES string of the molecule is CC(C)(C)C1(C(C)(C)C)C=CNC(=O)O1. The molecule has 15 heavy (non-hydrogen) atoms. The van der Waals surface area contributed by atoms with Crippen LogP contribution in [0.15, 0.2) is 12.3 Å². The molecule has 0 unspecified atom stereocenters. The first-order valence-corrected chi connectivity index (χ1v) is 5.27. The summed E-state index contributed by atoms with van der Waals surface area (Å²) in [6.07, 6.45) is 3.26. The first kappa shape index (κ1) is 12.1. The monoisotopic (exact) mass is 211 g/mol. The molecule has 0 radical (unpaired) electrons. The number of hydrogen-bond acceptors (Lipinski definition) is 2. The van der Waals surface area contributed by atoms with Gasteiger partial charge in [0.05, 0.1) is 0 Å². The van der Waals surface area contributed by atoms with Gasteiger partial charge >= 0.3 is 6.09 Å². The molecule has 0 saturated carbocycles. The molecule has 0 saturated heterocycles. The summed E-state index contributed by atoms with van der Waals surface area (Å²) in [7, 11) is 0. The Bertz CT molecular complexity index is 278. The second-order valence-corrected chi connectivity index (χ2v) is 6.10. The van der Waals surface area contributed by atoms with Gasteiger partial charge in [-0.25, -0.2) is 4.79 Å². The van der Waals surface area contributed by atoms with Crippen LogP contribution in [0, 0.1) is 10.8 Å². The largest absolute Gasteiger partial charge is 0.437 e. The van der Waals surface area contributed by atoms with E-state index in [0.717, 1.165) is 0 Å². The van der Waals surface area contributed by atoms with Crippen LogP contribution in [0.4, 0.5) is 4.79 Å². The third-order valence-corrected chi connectivity index (χ3v) is 3.00. The van der Waals surface area contributed by atoms with Crippen molar-refractivity contribution in [3.8, 4) is 0 Å². The average Bonchev–Trinajstić information content (AvgIpc) is 1.99. The topological polar surface area (TPSA) is 38.3 Å². The lowest BCUT2D eigenvalue weighted by Gasteiger charge is -2.51. The lowest BCUT2D eigenvalue weighted by atomic mass is 9.62. The van der Waals surface area contributed by atoms with Gasteiger partial charge in [0, 0.05) is 17.0 Å². The van der Waals surface area contributed by atoms with Gasteiger partial charge in [-0.1, -0.05) is 41.5 Å². The second kappa shape index (κ2) is 3.26. The van der Waals surface area contributed by atoms with E-state index in [9.17, 15) is 4.79 Å². The molecule has 3 nitrogen and oxygen atoms in total. The molecule has 3 heteroatoms. The average molecular weight is 211 g/mol. The quantitative estimate of drug-likeness (QED) is 0.668. The fourth-order valence-electron chi connectivity index (χ4n) is 2.37. The maximum Gasteiger partial charge on any atom is 0.412 e. The number of alkyl carbamates (subject to hydrolysis) is 1. The van der Waals surface area contributed by atoms with E-state index in [1.807, 2.05) is 6.08 Å². The Morgan fingerprint density at radius 1 is 1.13 bits per heavy atom. The van der Waals surface area contributed by atoms with Gasteiger partial charge in [0.1, 0.15) is 5.60 Å². The molecule has 0 spiro atoms. The lowest BCUT2D eigenvalue weighted by Crippen LogP contribution is -2.57. The van der Waals surface area contributed by atoms with Crippen LogP contribution < -0.4 is 5.32 Å². The molecule has 1 aliphatic rings. The number of rotatable bonds is 0. The molecule has 0 aromatic rings. The molecule has 0 aromatic heterocycles. The molecular weight excluding hydrogens is 190 g/mol. The van der Waals surface area contributed by atoms with Crippen molar-refractivity contribution < 1.29 is 9.53 Å². The van der Waals surface area contributed by atoms with E-state index in [1.54, 1.807) is 6.20 Å². The van der Waals surface area contributed by atoms with Gasteiger partial charge in [0.2, 0.25) is 0 Å². The van der Waals surface area contributed by atoms with Crippen LogP contribution in [-0.2, 0) is 4.74 Å². The molecule has 1 rings (SSSR count). The summed E-state index contributed by atoms with van der Waals surface area (Å²) < 4.78 is 5.57. The van der Waals surface area contributed by atoms with E-state index in [4.69, 9.17) is 4.74 Å². The van der Waals surface area contributed by atoms with Crippen molar-refractivity contribution in [1.29, 1.82) is 0 Å². The first-order valence-electron chi connectivity index (χ1n) is 5.27. The highest BCUT2D eigenvalue weighted by atomic mass is 16.6. The molecule has 0 fully saturated rings. The van der Waals surface area contributed by atoms with Crippen molar-refractivity contribution in [3.05, 3.63) is 12.3 Å². The third-order valence-electron chi connectivity index (χ3n) is 3.00. The molecule has 0 aromatic carbocycles. The summed E-state index contributed by atoms with van der Waals surface area (Å²) >= 11 is 0. The lowest BCUT2D eigenvalue weighted by molar-refractivity contribution is -0.106. The van der Waals surface area contributed by atoms with Crippen LogP contribution in [-0.4, -0.2) is 11.7 Å². The highest BCUT2D eigenvalue weighted by Gasteiger charge is 2.53. The Balaban J connectivity index is 3.26. The van der Waals surface area contributed by atoms with E-state index in [-0.39, 0.29) is 16.9 Å². The summed E-state index contributed by atoms with van der Waals surface area (Å²) in [5.41, 5.74) is -0.846. The Morgan fingerprint density at radius 2 is 1.60 bits per heavy atom.